The molecule has 0 radical (unpaired) electrons. The van der Waals surface area contributed by atoms with E-state index in [1.54, 1.807) is 24.3 Å². The molecule has 1 aliphatic carbocycles. The van der Waals surface area contributed by atoms with E-state index in [0.717, 1.165) is 31.2 Å². The maximum absolute atomic E-state index is 12.4. The Labute approximate surface area is 147 Å². The van der Waals surface area contributed by atoms with E-state index in [1.165, 1.54) is 0 Å². The Morgan fingerprint density at radius 1 is 1.16 bits per heavy atom. The molecule has 7 nitrogen and oxygen atoms in total. The molecule has 136 valence electrons. The fraction of sp³-hybridized carbons (Fsp3) is 0.500. The lowest BCUT2D eigenvalue weighted by atomic mass is 9.74. The zero-order valence-corrected chi connectivity index (χ0v) is 14.5. The van der Waals surface area contributed by atoms with Crippen LogP contribution in [-0.4, -0.2) is 29.8 Å². The normalized spacial score (nSPS) is 22.9. The molecule has 1 fully saturated rings. The maximum atomic E-state index is 12.4. The Bertz CT molecular complexity index is 640. The minimum Gasteiger partial charge on any atom is -0.368 e. The topological polar surface area (TPSA) is 127 Å². The number of benzene rings is 1. The minimum absolute atomic E-state index is 0.0204. The molecule has 2 rings (SSSR count). The number of rotatable bonds is 6. The molecular weight excluding hydrogens is 320 g/mol. The van der Waals surface area contributed by atoms with Gasteiger partial charge in [0, 0.05) is 17.6 Å². The Hall–Kier alpha value is -2.41. The molecule has 1 aliphatic rings. The molecule has 0 spiro atoms. The van der Waals surface area contributed by atoms with Crippen LogP contribution in [-0.2, 0) is 16.1 Å². The summed E-state index contributed by atoms with van der Waals surface area (Å²) < 4.78 is 0. The summed E-state index contributed by atoms with van der Waals surface area (Å²) in [4.78, 5) is 34.9. The molecule has 0 bridgehead atoms. The summed E-state index contributed by atoms with van der Waals surface area (Å²) in [6, 6.07) is 6.82. The predicted octanol–water partition coefficient (Wildman–Crippen LogP) is 0.426. The second-order valence-corrected chi connectivity index (χ2v) is 6.87. The van der Waals surface area contributed by atoms with Crippen LogP contribution in [0.15, 0.2) is 24.3 Å². The van der Waals surface area contributed by atoms with Gasteiger partial charge in [-0.2, -0.15) is 0 Å². The summed E-state index contributed by atoms with van der Waals surface area (Å²) in [5.74, 6) is -1.15. The van der Waals surface area contributed by atoms with Crippen LogP contribution >= 0.6 is 0 Å². The molecule has 0 aromatic heterocycles. The summed E-state index contributed by atoms with van der Waals surface area (Å²) in [5, 5.41) is 5.36. The van der Waals surface area contributed by atoms with Crippen molar-refractivity contribution < 1.29 is 14.4 Å². The van der Waals surface area contributed by atoms with Gasteiger partial charge in [0.1, 0.15) is 0 Å². The molecule has 1 aromatic carbocycles. The van der Waals surface area contributed by atoms with Gasteiger partial charge in [0.15, 0.2) is 0 Å². The summed E-state index contributed by atoms with van der Waals surface area (Å²) in [6.07, 6.45) is 3.77. The zero-order valence-electron chi connectivity index (χ0n) is 14.5. The molecule has 3 amide bonds. The Balaban J connectivity index is 1.88. The van der Waals surface area contributed by atoms with E-state index < -0.39 is 11.4 Å². The summed E-state index contributed by atoms with van der Waals surface area (Å²) in [7, 11) is 0. The summed E-state index contributed by atoms with van der Waals surface area (Å²) in [6.45, 7) is 2.13. The molecule has 0 heterocycles. The molecular formula is C18H26N4O3. The van der Waals surface area contributed by atoms with Gasteiger partial charge in [-0.25, -0.2) is 0 Å². The summed E-state index contributed by atoms with van der Waals surface area (Å²) >= 11 is 0. The van der Waals surface area contributed by atoms with Crippen LogP contribution in [0.2, 0.25) is 0 Å². The van der Waals surface area contributed by atoms with Crippen molar-refractivity contribution in [2.75, 3.05) is 6.54 Å². The van der Waals surface area contributed by atoms with Crippen LogP contribution in [0, 0.1) is 5.92 Å². The number of carbonyl (C=O) groups excluding carboxylic acids is 3. The minimum atomic E-state index is -0.595. The zero-order chi connectivity index (χ0) is 18.4. The quantitative estimate of drug-likeness (QED) is 0.595. The number of hydrogen-bond donors (Lipinski definition) is 4. The lowest BCUT2D eigenvalue weighted by Gasteiger charge is -2.37. The van der Waals surface area contributed by atoms with Gasteiger partial charge in [-0.05, 0) is 37.5 Å². The van der Waals surface area contributed by atoms with Crippen molar-refractivity contribution in [2.45, 2.75) is 44.7 Å². The van der Waals surface area contributed by atoms with Gasteiger partial charge in [-0.3, -0.25) is 14.4 Å². The third-order valence-electron chi connectivity index (χ3n) is 4.68. The highest BCUT2D eigenvalue weighted by atomic mass is 16.2. The highest BCUT2D eigenvalue weighted by Gasteiger charge is 2.37. The standard InChI is InChI=1S/C18H26N4O3/c1-18(20)9-3-2-4-14(18)17(25)21-10-12-5-7-13(8-6-12)16(24)22-11-15(19)23/h5-8,14H,2-4,9-11,20H2,1H3,(H2,19,23)(H,21,25)(H,22,24). The van der Waals surface area contributed by atoms with E-state index >= 15 is 0 Å². The third-order valence-corrected chi connectivity index (χ3v) is 4.68. The number of hydrogen-bond acceptors (Lipinski definition) is 4. The molecule has 6 N–H and O–H groups in total. The first-order valence-electron chi connectivity index (χ1n) is 8.51. The van der Waals surface area contributed by atoms with Gasteiger partial charge in [0.25, 0.3) is 5.91 Å². The van der Waals surface area contributed by atoms with Crippen molar-refractivity contribution in [3.63, 3.8) is 0 Å². The highest BCUT2D eigenvalue weighted by Crippen LogP contribution is 2.31. The number of nitrogens with two attached hydrogens (primary N) is 2. The van der Waals surface area contributed by atoms with E-state index in [4.69, 9.17) is 11.5 Å². The Kier molecular flexibility index (Phi) is 6.14. The smallest absolute Gasteiger partial charge is 0.251 e. The van der Waals surface area contributed by atoms with Crippen molar-refractivity contribution in [1.82, 2.24) is 10.6 Å². The molecule has 25 heavy (non-hydrogen) atoms. The van der Waals surface area contributed by atoms with Crippen LogP contribution in [0.3, 0.4) is 0 Å². The lowest BCUT2D eigenvalue weighted by Crippen LogP contribution is -2.52. The predicted molar refractivity (Wildman–Crippen MR) is 94.4 cm³/mol. The van der Waals surface area contributed by atoms with Crippen molar-refractivity contribution >= 4 is 17.7 Å². The van der Waals surface area contributed by atoms with Gasteiger partial charge in [0.05, 0.1) is 12.5 Å². The number of primary amides is 1. The van der Waals surface area contributed by atoms with Crippen molar-refractivity contribution in [1.29, 1.82) is 0 Å². The van der Waals surface area contributed by atoms with Crippen LogP contribution in [0.4, 0.5) is 0 Å². The van der Waals surface area contributed by atoms with Gasteiger partial charge in [-0.15, -0.1) is 0 Å². The average molecular weight is 346 g/mol. The van der Waals surface area contributed by atoms with E-state index in [-0.39, 0.29) is 24.3 Å². The largest absolute Gasteiger partial charge is 0.368 e. The number of amides is 3. The molecule has 1 aromatic rings. The second-order valence-electron chi connectivity index (χ2n) is 6.87. The van der Waals surface area contributed by atoms with E-state index in [2.05, 4.69) is 10.6 Å². The van der Waals surface area contributed by atoms with Gasteiger partial charge in [-0.1, -0.05) is 25.0 Å². The van der Waals surface area contributed by atoms with Gasteiger partial charge < -0.3 is 22.1 Å². The fourth-order valence-corrected chi connectivity index (χ4v) is 3.14. The van der Waals surface area contributed by atoms with Crippen molar-refractivity contribution in [3.8, 4) is 0 Å². The van der Waals surface area contributed by atoms with Crippen LogP contribution in [0.5, 0.6) is 0 Å². The maximum Gasteiger partial charge on any atom is 0.251 e. The molecule has 1 saturated carbocycles. The number of carbonyl (C=O) groups is 3. The third kappa shape index (κ3) is 5.29. The monoisotopic (exact) mass is 346 g/mol. The van der Waals surface area contributed by atoms with Crippen LogP contribution < -0.4 is 22.1 Å². The van der Waals surface area contributed by atoms with Gasteiger partial charge in [0.2, 0.25) is 11.8 Å². The lowest BCUT2D eigenvalue weighted by molar-refractivity contribution is -0.128. The summed E-state index contributed by atoms with van der Waals surface area (Å²) in [5.41, 5.74) is 12.1. The molecule has 0 aliphatic heterocycles. The van der Waals surface area contributed by atoms with Crippen LogP contribution in [0.1, 0.15) is 48.5 Å². The van der Waals surface area contributed by atoms with Crippen molar-refractivity contribution in [2.24, 2.45) is 17.4 Å². The fourth-order valence-electron chi connectivity index (χ4n) is 3.14. The van der Waals surface area contributed by atoms with Crippen molar-refractivity contribution in [3.05, 3.63) is 35.4 Å². The van der Waals surface area contributed by atoms with Gasteiger partial charge >= 0.3 is 0 Å². The van der Waals surface area contributed by atoms with E-state index in [1.807, 2.05) is 6.92 Å². The average Bonchev–Trinajstić information content (AvgIpc) is 2.57. The van der Waals surface area contributed by atoms with Crippen LogP contribution in [0.25, 0.3) is 0 Å². The molecule has 2 unspecified atom stereocenters. The first-order valence-corrected chi connectivity index (χ1v) is 8.51. The molecule has 7 heteroatoms. The van der Waals surface area contributed by atoms with E-state index in [9.17, 15) is 14.4 Å². The molecule has 0 saturated heterocycles. The number of nitrogens with one attached hydrogen (secondary N) is 2. The highest BCUT2D eigenvalue weighted by molar-refractivity contribution is 5.96. The first kappa shape index (κ1) is 18.9. The SMILES string of the molecule is CC1(N)CCCCC1C(=O)NCc1ccc(C(=O)NCC(N)=O)cc1. The first-order chi connectivity index (χ1) is 11.8. The second kappa shape index (κ2) is 8.11. The Morgan fingerprint density at radius 3 is 2.44 bits per heavy atom. The Morgan fingerprint density at radius 2 is 1.84 bits per heavy atom. The molecule has 2 atom stereocenters. The van der Waals surface area contributed by atoms with E-state index in [0.29, 0.717) is 12.1 Å².